The van der Waals surface area contributed by atoms with Crippen LogP contribution in [0.2, 0.25) is 0 Å². The minimum atomic E-state index is -3.44. The summed E-state index contributed by atoms with van der Waals surface area (Å²) in [6, 6.07) is 7.21. The number of benzene rings is 1. The Bertz CT molecular complexity index is 650. The van der Waals surface area contributed by atoms with Crippen LogP contribution in [0.25, 0.3) is 0 Å². The highest BCUT2D eigenvalue weighted by Gasteiger charge is 2.26. The second kappa shape index (κ2) is 9.87. The SMILES string of the molecule is C[C@@H]1CNCCN1CCOc1ccc(S(=O)(=O)N2CCOCC2)cc1.Cl. The largest absolute Gasteiger partial charge is 0.492 e. The Morgan fingerprint density at radius 1 is 1.19 bits per heavy atom. The summed E-state index contributed by atoms with van der Waals surface area (Å²) >= 11 is 0. The molecule has 2 saturated heterocycles. The third-order valence-electron chi connectivity index (χ3n) is 4.72. The third kappa shape index (κ3) is 5.31. The second-order valence-corrected chi connectivity index (χ2v) is 8.36. The molecule has 7 nitrogen and oxygen atoms in total. The number of hydrogen-bond acceptors (Lipinski definition) is 6. The predicted octanol–water partition coefficient (Wildman–Crippen LogP) is 0.802. The van der Waals surface area contributed by atoms with Crippen molar-refractivity contribution < 1.29 is 17.9 Å². The maximum absolute atomic E-state index is 12.6. The summed E-state index contributed by atoms with van der Waals surface area (Å²) in [5.74, 6) is 0.698. The summed E-state index contributed by atoms with van der Waals surface area (Å²) in [7, 11) is -3.44. The first kappa shape index (κ1) is 21.4. The number of halogens is 1. The fraction of sp³-hybridized carbons (Fsp3) is 0.647. The minimum absolute atomic E-state index is 0. The smallest absolute Gasteiger partial charge is 0.243 e. The lowest BCUT2D eigenvalue weighted by Crippen LogP contribution is -2.50. The van der Waals surface area contributed by atoms with Crippen LogP contribution >= 0.6 is 12.4 Å². The summed E-state index contributed by atoms with van der Waals surface area (Å²) in [6.45, 7) is 8.43. The van der Waals surface area contributed by atoms with Gasteiger partial charge in [0, 0.05) is 45.3 Å². The average Bonchev–Trinajstić information content (AvgIpc) is 2.64. The van der Waals surface area contributed by atoms with Gasteiger partial charge in [0.1, 0.15) is 12.4 Å². The fourth-order valence-corrected chi connectivity index (χ4v) is 4.55. The van der Waals surface area contributed by atoms with Crippen molar-refractivity contribution in [3.8, 4) is 5.75 Å². The molecule has 0 spiro atoms. The lowest BCUT2D eigenvalue weighted by molar-refractivity contribution is 0.0730. The lowest BCUT2D eigenvalue weighted by atomic mass is 10.2. The van der Waals surface area contributed by atoms with Gasteiger partial charge in [0.05, 0.1) is 18.1 Å². The molecule has 0 aromatic heterocycles. The van der Waals surface area contributed by atoms with Gasteiger partial charge in [-0.2, -0.15) is 4.31 Å². The van der Waals surface area contributed by atoms with Crippen LogP contribution in [-0.2, 0) is 14.8 Å². The van der Waals surface area contributed by atoms with Gasteiger partial charge < -0.3 is 14.8 Å². The highest BCUT2D eigenvalue weighted by molar-refractivity contribution is 7.89. The van der Waals surface area contributed by atoms with Gasteiger partial charge in [0.25, 0.3) is 0 Å². The van der Waals surface area contributed by atoms with E-state index in [9.17, 15) is 8.42 Å². The molecule has 1 aromatic rings. The highest BCUT2D eigenvalue weighted by Crippen LogP contribution is 2.20. The third-order valence-corrected chi connectivity index (χ3v) is 6.63. The zero-order valence-corrected chi connectivity index (χ0v) is 16.7. The van der Waals surface area contributed by atoms with Gasteiger partial charge in [-0.3, -0.25) is 4.90 Å². The van der Waals surface area contributed by atoms with Gasteiger partial charge in [0.2, 0.25) is 10.0 Å². The van der Waals surface area contributed by atoms with Crippen LogP contribution < -0.4 is 10.1 Å². The molecule has 2 fully saturated rings. The molecule has 1 N–H and O–H groups in total. The van der Waals surface area contributed by atoms with E-state index in [4.69, 9.17) is 9.47 Å². The van der Waals surface area contributed by atoms with Crippen LogP contribution in [-0.4, -0.2) is 82.8 Å². The van der Waals surface area contributed by atoms with Gasteiger partial charge in [-0.05, 0) is 31.2 Å². The van der Waals surface area contributed by atoms with Crippen molar-refractivity contribution in [3.63, 3.8) is 0 Å². The molecule has 0 saturated carbocycles. The van der Waals surface area contributed by atoms with Crippen molar-refractivity contribution in [1.29, 1.82) is 0 Å². The maximum atomic E-state index is 12.6. The van der Waals surface area contributed by atoms with Gasteiger partial charge in [-0.25, -0.2) is 8.42 Å². The Hall–Kier alpha value is -0.900. The molecule has 2 heterocycles. The topological polar surface area (TPSA) is 71.1 Å². The molecule has 0 amide bonds. The van der Waals surface area contributed by atoms with Crippen molar-refractivity contribution >= 4 is 22.4 Å². The number of ether oxygens (including phenoxy) is 2. The summed E-state index contributed by atoms with van der Waals surface area (Å²) < 4.78 is 37.6. The number of rotatable bonds is 6. The first-order valence-electron chi connectivity index (χ1n) is 8.83. The molecule has 2 aliphatic heterocycles. The van der Waals surface area contributed by atoms with Crippen LogP contribution in [0.15, 0.2) is 29.2 Å². The summed E-state index contributed by atoms with van der Waals surface area (Å²) in [5.41, 5.74) is 0. The molecule has 0 unspecified atom stereocenters. The maximum Gasteiger partial charge on any atom is 0.243 e. The van der Waals surface area contributed by atoms with E-state index < -0.39 is 10.0 Å². The second-order valence-electron chi connectivity index (χ2n) is 6.43. The normalized spacial score (nSPS) is 22.6. The van der Waals surface area contributed by atoms with Crippen LogP contribution in [0.3, 0.4) is 0 Å². The van der Waals surface area contributed by atoms with E-state index in [1.54, 1.807) is 24.3 Å². The molecule has 0 aliphatic carbocycles. The quantitative estimate of drug-likeness (QED) is 0.755. The Kier molecular flexibility index (Phi) is 8.12. The summed E-state index contributed by atoms with van der Waals surface area (Å²) in [6.07, 6.45) is 0. The number of nitrogens with zero attached hydrogens (tertiary/aromatic N) is 2. The molecule has 0 radical (unpaired) electrons. The molecule has 9 heteroatoms. The number of piperazine rings is 1. The molecule has 1 aromatic carbocycles. The average molecular weight is 406 g/mol. The van der Waals surface area contributed by atoms with Crippen molar-refractivity contribution in [3.05, 3.63) is 24.3 Å². The predicted molar refractivity (Wildman–Crippen MR) is 103 cm³/mol. The molecular weight excluding hydrogens is 378 g/mol. The first-order chi connectivity index (χ1) is 12.1. The Labute approximate surface area is 162 Å². The van der Waals surface area contributed by atoms with Gasteiger partial charge in [-0.1, -0.05) is 0 Å². The number of morpholine rings is 1. The van der Waals surface area contributed by atoms with Crippen LogP contribution in [0, 0.1) is 0 Å². The monoisotopic (exact) mass is 405 g/mol. The van der Waals surface area contributed by atoms with Crippen LogP contribution in [0.1, 0.15) is 6.92 Å². The zero-order valence-electron chi connectivity index (χ0n) is 15.1. The van der Waals surface area contributed by atoms with E-state index in [0.29, 0.717) is 49.6 Å². The molecule has 3 rings (SSSR count). The highest BCUT2D eigenvalue weighted by atomic mass is 35.5. The van der Waals surface area contributed by atoms with Crippen molar-refractivity contribution in [2.75, 3.05) is 59.1 Å². The van der Waals surface area contributed by atoms with E-state index in [1.807, 2.05) is 0 Å². The van der Waals surface area contributed by atoms with Gasteiger partial charge in [-0.15, -0.1) is 12.4 Å². The number of sulfonamides is 1. The van der Waals surface area contributed by atoms with Gasteiger partial charge in [0.15, 0.2) is 0 Å². The summed E-state index contributed by atoms with van der Waals surface area (Å²) in [5, 5.41) is 3.37. The van der Waals surface area contributed by atoms with E-state index >= 15 is 0 Å². The summed E-state index contributed by atoms with van der Waals surface area (Å²) in [4.78, 5) is 2.70. The minimum Gasteiger partial charge on any atom is -0.492 e. The van der Waals surface area contributed by atoms with Gasteiger partial charge >= 0.3 is 0 Å². The Morgan fingerprint density at radius 3 is 2.54 bits per heavy atom. The van der Waals surface area contributed by atoms with Crippen LogP contribution in [0.5, 0.6) is 5.75 Å². The van der Waals surface area contributed by atoms with E-state index in [0.717, 1.165) is 26.2 Å². The van der Waals surface area contributed by atoms with Crippen LogP contribution in [0.4, 0.5) is 0 Å². The molecular formula is C17H28ClN3O4S. The lowest BCUT2D eigenvalue weighted by Gasteiger charge is -2.33. The van der Waals surface area contributed by atoms with Crippen molar-refractivity contribution in [2.45, 2.75) is 17.9 Å². The van der Waals surface area contributed by atoms with E-state index in [1.165, 1.54) is 4.31 Å². The number of hydrogen-bond donors (Lipinski definition) is 1. The van der Waals surface area contributed by atoms with E-state index in [2.05, 4.69) is 17.1 Å². The zero-order chi connectivity index (χ0) is 17.7. The van der Waals surface area contributed by atoms with Crippen molar-refractivity contribution in [2.24, 2.45) is 0 Å². The Morgan fingerprint density at radius 2 is 1.88 bits per heavy atom. The molecule has 26 heavy (non-hydrogen) atoms. The molecule has 2 aliphatic rings. The van der Waals surface area contributed by atoms with Crippen molar-refractivity contribution in [1.82, 2.24) is 14.5 Å². The molecule has 0 bridgehead atoms. The first-order valence-corrected chi connectivity index (χ1v) is 10.3. The molecule has 148 valence electrons. The standard InChI is InChI=1S/C17H27N3O4S.ClH/c1-15-14-18-6-7-19(15)8-13-24-16-2-4-17(5-3-16)25(21,22)20-9-11-23-12-10-20;/h2-5,15,18H,6-14H2,1H3;1H/t15-;/m1./s1. The Balaban J connectivity index is 0.00000243. The van der Waals surface area contributed by atoms with E-state index in [-0.39, 0.29) is 12.4 Å². The number of nitrogens with one attached hydrogen (secondary N) is 1. The molecule has 1 atom stereocenters. The fourth-order valence-electron chi connectivity index (χ4n) is 3.14.